The fourth-order valence-corrected chi connectivity index (χ4v) is 2.92. The molecule has 2 amide bonds. The summed E-state index contributed by atoms with van der Waals surface area (Å²) in [6, 6.07) is 6.72. The van der Waals surface area contributed by atoms with E-state index in [9.17, 15) is 19.8 Å². The number of phenolic OH excluding ortho intramolecular Hbond substituents is 2. The van der Waals surface area contributed by atoms with Gasteiger partial charge in [-0.25, -0.2) is 0 Å². The van der Waals surface area contributed by atoms with Gasteiger partial charge in [-0.15, -0.1) is 0 Å². The zero-order valence-corrected chi connectivity index (χ0v) is 16.5. The summed E-state index contributed by atoms with van der Waals surface area (Å²) >= 11 is 0. The van der Waals surface area contributed by atoms with Crippen molar-refractivity contribution in [1.29, 1.82) is 0 Å². The minimum absolute atomic E-state index is 0.0754. The van der Waals surface area contributed by atoms with E-state index in [1.165, 1.54) is 7.28 Å². The summed E-state index contributed by atoms with van der Waals surface area (Å²) in [7, 11) is 7.36. The number of carbonyl (C=O) groups excluding carboxylic acids is 2. The first-order chi connectivity index (χ1) is 13.1. The van der Waals surface area contributed by atoms with Crippen LogP contribution in [0.25, 0.3) is 0 Å². The Labute approximate surface area is 167 Å². The van der Waals surface area contributed by atoms with E-state index in [0.717, 1.165) is 0 Å². The number of benzene rings is 2. The van der Waals surface area contributed by atoms with Crippen LogP contribution in [-0.4, -0.2) is 50.1 Å². The van der Waals surface area contributed by atoms with E-state index in [1.54, 1.807) is 52.0 Å². The lowest BCUT2D eigenvalue weighted by atomic mass is 9.28. The second-order valence-corrected chi connectivity index (χ2v) is 6.89. The van der Waals surface area contributed by atoms with Crippen molar-refractivity contribution in [2.45, 2.75) is 27.7 Å². The molecule has 0 unspecified atom stereocenters. The van der Waals surface area contributed by atoms with Crippen molar-refractivity contribution in [3.05, 3.63) is 46.5 Å². The van der Waals surface area contributed by atoms with Crippen molar-refractivity contribution < 1.29 is 19.8 Å². The minimum atomic E-state index is -0.915. The molecule has 4 N–H and O–H groups in total. The molecule has 0 saturated carbocycles. The summed E-state index contributed by atoms with van der Waals surface area (Å²) in [5, 5.41) is 24.7. The second-order valence-electron chi connectivity index (χ2n) is 6.89. The molecule has 0 saturated heterocycles. The molecule has 141 valence electrons. The number of hydrogen-bond donors (Lipinski definition) is 4. The van der Waals surface area contributed by atoms with Crippen molar-refractivity contribution >= 4 is 44.2 Å². The second kappa shape index (κ2) is 8.91. The molecular weight excluding hydrogens is 353 g/mol. The zero-order valence-electron chi connectivity index (χ0n) is 16.5. The molecule has 0 aliphatic heterocycles. The smallest absolute Gasteiger partial charge is 0.271 e. The Kier molecular flexibility index (Phi) is 6.83. The molecule has 3 radical (unpaired) electrons. The van der Waals surface area contributed by atoms with Crippen LogP contribution in [0.2, 0.25) is 0 Å². The first-order valence-corrected chi connectivity index (χ1v) is 8.86. The number of nitrogens with one attached hydrogen (secondary N) is 2. The quantitative estimate of drug-likeness (QED) is 0.441. The maximum Gasteiger partial charge on any atom is 0.271 e. The van der Waals surface area contributed by atoms with Gasteiger partial charge in [-0.2, -0.15) is 0 Å². The van der Waals surface area contributed by atoms with Gasteiger partial charge in [0, 0.05) is 7.74 Å². The van der Waals surface area contributed by atoms with Crippen LogP contribution in [0.15, 0.2) is 24.3 Å². The van der Waals surface area contributed by atoms with Crippen LogP contribution in [0.4, 0.5) is 9.59 Å². The normalized spacial score (nSPS) is 10.3. The summed E-state index contributed by atoms with van der Waals surface area (Å²) in [5.74, 6) is -0.437. The fourth-order valence-electron chi connectivity index (χ4n) is 2.92. The highest BCUT2D eigenvalue weighted by atomic mass is 16.3. The topological polar surface area (TPSA) is 98.7 Å². The van der Waals surface area contributed by atoms with Crippen LogP contribution in [0.5, 0.6) is 11.5 Å². The molecule has 0 aromatic heterocycles. The third-order valence-corrected chi connectivity index (χ3v) is 4.49. The molecule has 2 aromatic rings. The van der Waals surface area contributed by atoms with Crippen LogP contribution in [0.3, 0.4) is 0 Å². The van der Waals surface area contributed by atoms with Gasteiger partial charge in [0.2, 0.25) is 6.60 Å². The lowest BCUT2D eigenvalue weighted by Gasteiger charge is -2.14. The van der Waals surface area contributed by atoms with E-state index in [-0.39, 0.29) is 24.0 Å². The van der Waals surface area contributed by atoms with Crippen molar-refractivity contribution in [3.63, 3.8) is 0 Å². The first-order valence-electron chi connectivity index (χ1n) is 8.86. The maximum absolute atomic E-state index is 12.2. The number of amides is 2. The van der Waals surface area contributed by atoms with Crippen molar-refractivity contribution in [3.8, 4) is 11.5 Å². The molecule has 9 heteroatoms. The summed E-state index contributed by atoms with van der Waals surface area (Å²) in [4.78, 5) is 24.3. The van der Waals surface area contributed by atoms with E-state index in [1.807, 2.05) is 0 Å². The molecule has 0 bridgehead atoms. The molecule has 6 nitrogen and oxygen atoms in total. The molecule has 28 heavy (non-hydrogen) atoms. The largest absolute Gasteiger partial charge is 0.507 e. The van der Waals surface area contributed by atoms with Crippen molar-refractivity contribution in [2.24, 2.45) is 0 Å². The standard InChI is InChI=1S/C19H22B3N2O4/c1-10-5-14(6-11(2)16(10)25)21-18(27)23-9-24-19(28)22(20)15-7-12(3)17(26)13(4)8-15/h5-8,25-26H,9H2,1-4H3,(H,23,27)(H,24,28). The average molecular weight is 375 g/mol. The Balaban J connectivity index is 1.88. The van der Waals surface area contributed by atoms with Gasteiger partial charge < -0.3 is 20.8 Å². The Morgan fingerprint density at radius 1 is 0.929 bits per heavy atom. The van der Waals surface area contributed by atoms with Crippen LogP contribution in [0.1, 0.15) is 22.3 Å². The van der Waals surface area contributed by atoms with Crippen LogP contribution < -0.4 is 21.6 Å². The van der Waals surface area contributed by atoms with Gasteiger partial charge >= 0.3 is 0 Å². The molecule has 0 fully saturated rings. The minimum Gasteiger partial charge on any atom is -0.507 e. The number of hydrogen-bond acceptors (Lipinski definition) is 4. The van der Waals surface area contributed by atoms with Crippen molar-refractivity contribution in [2.75, 3.05) is 6.67 Å². The van der Waals surface area contributed by atoms with E-state index in [0.29, 0.717) is 33.2 Å². The lowest BCUT2D eigenvalue weighted by molar-refractivity contribution is 0.254. The Morgan fingerprint density at radius 3 is 1.89 bits per heavy atom. The third-order valence-electron chi connectivity index (χ3n) is 4.49. The van der Waals surface area contributed by atoms with Crippen LogP contribution >= 0.6 is 0 Å². The summed E-state index contributed by atoms with van der Waals surface area (Å²) in [5.41, 5.74) is 3.87. The van der Waals surface area contributed by atoms with E-state index >= 15 is 0 Å². The third kappa shape index (κ3) is 5.12. The fraction of sp³-hybridized carbons (Fsp3) is 0.263. The van der Waals surface area contributed by atoms with E-state index in [4.69, 9.17) is 7.74 Å². The highest BCUT2D eigenvalue weighted by molar-refractivity contribution is 7.27. The van der Waals surface area contributed by atoms with E-state index < -0.39 is 12.4 Å². The Morgan fingerprint density at radius 2 is 1.39 bits per heavy atom. The summed E-state index contributed by atoms with van der Waals surface area (Å²) in [6.07, 6.45) is 0. The highest BCUT2D eigenvalue weighted by Gasteiger charge is 2.20. The molecule has 0 aliphatic carbocycles. The highest BCUT2D eigenvalue weighted by Crippen LogP contribution is 2.19. The summed E-state index contributed by atoms with van der Waals surface area (Å²) in [6.45, 7) is 5.99. The first kappa shape index (κ1) is 21.5. The Bertz CT molecular complexity index is 872. The van der Waals surface area contributed by atoms with Crippen LogP contribution in [0, 0.1) is 27.7 Å². The molecule has 0 atom stereocenters. The number of aromatic hydroxyl groups is 2. The monoisotopic (exact) mass is 375 g/mol. The maximum atomic E-state index is 12.2. The van der Waals surface area contributed by atoms with Gasteiger partial charge in [0.05, 0.1) is 6.67 Å². The molecule has 0 spiro atoms. The van der Waals surface area contributed by atoms with Crippen molar-refractivity contribution in [1.82, 2.24) is 10.6 Å². The van der Waals surface area contributed by atoms with Gasteiger partial charge in [-0.05, 0) is 49.9 Å². The molecule has 0 heterocycles. The van der Waals surface area contributed by atoms with E-state index in [2.05, 4.69) is 10.6 Å². The van der Waals surface area contributed by atoms with Gasteiger partial charge in [0.25, 0.3) is 7.28 Å². The zero-order chi connectivity index (χ0) is 21.0. The average Bonchev–Trinajstić information content (AvgIpc) is 2.62. The molecule has 0 aliphatic rings. The summed E-state index contributed by atoms with van der Waals surface area (Å²) < 4.78 is 0. The van der Waals surface area contributed by atoms with Gasteiger partial charge in [-0.3, -0.25) is 9.59 Å². The molecule has 2 rings (SSSR count). The van der Waals surface area contributed by atoms with Gasteiger partial charge in [0.1, 0.15) is 11.5 Å². The number of aryl methyl sites for hydroxylation is 4. The number of phenols is 2. The van der Waals surface area contributed by atoms with Crippen LogP contribution in [-0.2, 0) is 0 Å². The van der Waals surface area contributed by atoms with Gasteiger partial charge in [0.15, 0.2) is 11.6 Å². The van der Waals surface area contributed by atoms with Gasteiger partial charge in [-0.1, -0.05) is 35.2 Å². The Hall–Kier alpha value is -2.83. The lowest BCUT2D eigenvalue weighted by Crippen LogP contribution is -2.50. The number of carbonyl (C=O) groups is 2. The molecular formula is C19H22B3N2O4. The SMILES string of the molecule is [B]B(C(=O)NCNC(=O)[B]c1cc(C)c(O)c(C)c1)c1cc(C)c(O)c(C)c1. The number of rotatable bonds is 6. The molecule has 2 aromatic carbocycles. The predicted octanol–water partition coefficient (Wildman–Crippen LogP) is 0.687. The predicted molar refractivity (Wildman–Crippen MR) is 114 cm³/mol.